The Labute approximate surface area is 71.8 Å². The van der Waals surface area contributed by atoms with Gasteiger partial charge in [-0.1, -0.05) is 0 Å². The van der Waals surface area contributed by atoms with Crippen molar-refractivity contribution in [3.63, 3.8) is 0 Å². The van der Waals surface area contributed by atoms with Crippen LogP contribution in [0.1, 0.15) is 12.8 Å². The van der Waals surface area contributed by atoms with Gasteiger partial charge in [-0.25, -0.2) is 0 Å². The summed E-state index contributed by atoms with van der Waals surface area (Å²) in [5.41, 5.74) is 0.976. The topological polar surface area (TPSA) is 34.0 Å². The molecule has 0 aromatic carbocycles. The molecule has 2 rings (SSSR count). The van der Waals surface area contributed by atoms with Crippen LogP contribution in [-0.4, -0.2) is 12.3 Å². The van der Waals surface area contributed by atoms with E-state index in [9.17, 15) is 0 Å². The van der Waals surface area contributed by atoms with Gasteiger partial charge < -0.3 is 4.74 Å². The largest absolute Gasteiger partial charge is 0.490 e. The number of nitrogens with zero attached hydrogens (tertiary/aromatic N) is 2. The summed E-state index contributed by atoms with van der Waals surface area (Å²) in [6.45, 7) is 0.774. The fraction of sp³-hybridized carbons (Fsp3) is 0.500. The highest BCUT2D eigenvalue weighted by Gasteiger charge is 2.17. The predicted octanol–water partition coefficient (Wildman–Crippen LogP) is 1.96. The van der Waals surface area contributed by atoms with E-state index < -0.39 is 10.1 Å². The van der Waals surface area contributed by atoms with Gasteiger partial charge in [0.05, 0.1) is 18.5 Å². The van der Waals surface area contributed by atoms with Crippen molar-refractivity contribution in [2.75, 3.05) is 6.61 Å². The summed E-state index contributed by atoms with van der Waals surface area (Å²) < 4.78 is 13.4. The smallest absolute Gasteiger partial charge is 0.160 e. The van der Waals surface area contributed by atoms with Gasteiger partial charge in [0, 0.05) is 0 Å². The van der Waals surface area contributed by atoms with Gasteiger partial charge in [0.25, 0.3) is 0 Å². The average molecular weight is 191 g/mol. The molecule has 2 aliphatic heterocycles. The third kappa shape index (κ3) is 1.46. The monoisotopic (exact) mass is 190 g/mol. The van der Waals surface area contributed by atoms with Gasteiger partial charge in [-0.15, -0.1) is 0 Å². The van der Waals surface area contributed by atoms with Crippen LogP contribution in [-0.2, 0) is 14.8 Å². The minimum atomic E-state index is -0.680. The summed E-state index contributed by atoms with van der Waals surface area (Å²) in [4.78, 5) is 0. The summed E-state index contributed by atoms with van der Waals surface area (Å²) >= 11 is 0. The standard InChI is InChI=1S/C6H7ClN2OS/c7-11-8-4-6-5(9-11)2-1-3-10-6/h4H,1-3H2. The normalized spacial score (nSPS) is 29.0. The Morgan fingerprint density at radius 2 is 2.55 bits per heavy atom. The highest BCUT2D eigenvalue weighted by atomic mass is 35.7. The van der Waals surface area contributed by atoms with Crippen LogP contribution in [0, 0.1) is 0 Å². The molecular formula is C6H7ClN2OS. The molecule has 11 heavy (non-hydrogen) atoms. The molecule has 1 fully saturated rings. The Morgan fingerprint density at radius 1 is 1.64 bits per heavy atom. The first kappa shape index (κ1) is 7.31. The molecule has 0 aromatic rings. The van der Waals surface area contributed by atoms with Crippen molar-refractivity contribution < 1.29 is 4.74 Å². The molecule has 0 radical (unpaired) electrons. The van der Waals surface area contributed by atoms with Crippen molar-refractivity contribution in [3.8, 4) is 0 Å². The van der Waals surface area contributed by atoms with Crippen LogP contribution in [0.2, 0.25) is 0 Å². The SMILES string of the molecule is ClS1=NC=C2OCCCC2=N1. The van der Waals surface area contributed by atoms with Gasteiger partial charge in [-0.05, 0) is 23.5 Å². The molecule has 0 bridgehead atoms. The lowest BCUT2D eigenvalue weighted by molar-refractivity contribution is 0.213. The molecule has 0 aliphatic carbocycles. The fourth-order valence-corrected chi connectivity index (χ4v) is 2.00. The minimum absolute atomic E-state index is 0.680. The number of rotatable bonds is 0. The molecule has 1 atom stereocenters. The van der Waals surface area contributed by atoms with Crippen LogP contribution >= 0.6 is 10.7 Å². The number of hydrogen-bond acceptors (Lipinski definition) is 3. The zero-order chi connectivity index (χ0) is 7.68. The van der Waals surface area contributed by atoms with Crippen LogP contribution in [0.3, 0.4) is 0 Å². The molecule has 1 saturated heterocycles. The lowest BCUT2D eigenvalue weighted by Crippen LogP contribution is -2.16. The van der Waals surface area contributed by atoms with E-state index in [2.05, 4.69) is 8.76 Å². The molecule has 1 unspecified atom stereocenters. The van der Waals surface area contributed by atoms with Gasteiger partial charge in [0.1, 0.15) is 10.1 Å². The minimum Gasteiger partial charge on any atom is -0.490 e. The molecule has 0 saturated carbocycles. The Hall–Kier alpha value is -0.350. The third-order valence-corrected chi connectivity index (χ3v) is 2.64. The number of halogens is 1. The first-order valence-corrected chi connectivity index (χ1v) is 5.35. The maximum Gasteiger partial charge on any atom is 0.160 e. The van der Waals surface area contributed by atoms with E-state index in [0.29, 0.717) is 0 Å². The molecule has 0 N–H and O–H groups in total. The maximum atomic E-state index is 5.71. The van der Waals surface area contributed by atoms with Crippen molar-refractivity contribution in [1.82, 2.24) is 0 Å². The van der Waals surface area contributed by atoms with Crippen LogP contribution in [0.15, 0.2) is 20.7 Å². The number of fused-ring (bicyclic) bond motifs is 1. The van der Waals surface area contributed by atoms with Gasteiger partial charge in [-0.3, -0.25) is 0 Å². The zero-order valence-electron chi connectivity index (χ0n) is 5.79. The molecule has 2 aliphatic rings. The first-order chi connectivity index (χ1) is 5.36. The average Bonchev–Trinajstić information content (AvgIpc) is 2.04. The van der Waals surface area contributed by atoms with Crippen LogP contribution in [0.25, 0.3) is 0 Å². The van der Waals surface area contributed by atoms with E-state index in [0.717, 1.165) is 30.9 Å². The summed E-state index contributed by atoms with van der Waals surface area (Å²) in [5.74, 6) is 0.806. The van der Waals surface area contributed by atoms with Crippen molar-refractivity contribution >= 4 is 26.5 Å². The van der Waals surface area contributed by atoms with Gasteiger partial charge in [0.15, 0.2) is 5.76 Å². The van der Waals surface area contributed by atoms with E-state index >= 15 is 0 Å². The van der Waals surface area contributed by atoms with Crippen LogP contribution < -0.4 is 0 Å². The Morgan fingerprint density at radius 3 is 3.45 bits per heavy atom. The Balaban J connectivity index is 2.32. The highest BCUT2D eigenvalue weighted by Crippen LogP contribution is 2.19. The van der Waals surface area contributed by atoms with Crippen molar-refractivity contribution in [1.29, 1.82) is 0 Å². The second kappa shape index (κ2) is 2.95. The van der Waals surface area contributed by atoms with E-state index in [-0.39, 0.29) is 0 Å². The molecule has 3 nitrogen and oxygen atoms in total. The van der Waals surface area contributed by atoms with Gasteiger partial charge in [0.2, 0.25) is 0 Å². The lowest BCUT2D eigenvalue weighted by atomic mass is 10.1. The summed E-state index contributed by atoms with van der Waals surface area (Å²) in [5, 5.41) is 0. The number of ether oxygens (including phenoxy) is 1. The molecule has 0 amide bonds. The van der Waals surface area contributed by atoms with Crippen molar-refractivity contribution in [3.05, 3.63) is 12.0 Å². The molecule has 0 spiro atoms. The lowest BCUT2D eigenvalue weighted by Gasteiger charge is -2.18. The van der Waals surface area contributed by atoms with Gasteiger partial charge in [-0.2, -0.15) is 8.76 Å². The third-order valence-electron chi connectivity index (χ3n) is 1.54. The maximum absolute atomic E-state index is 5.71. The molecule has 5 heteroatoms. The molecule has 0 aromatic heterocycles. The van der Waals surface area contributed by atoms with Crippen molar-refractivity contribution in [2.45, 2.75) is 12.8 Å². The summed E-state index contributed by atoms with van der Waals surface area (Å²) in [6, 6.07) is 0. The Bertz CT molecular complexity index is 272. The fourth-order valence-electron chi connectivity index (χ4n) is 1.04. The van der Waals surface area contributed by atoms with Crippen LogP contribution in [0.5, 0.6) is 0 Å². The number of allylic oxidation sites excluding steroid dienone is 1. The van der Waals surface area contributed by atoms with E-state index in [4.69, 9.17) is 15.4 Å². The second-order valence-corrected chi connectivity index (χ2v) is 3.97. The molecular weight excluding hydrogens is 184 g/mol. The predicted molar refractivity (Wildman–Crippen MR) is 46.4 cm³/mol. The zero-order valence-corrected chi connectivity index (χ0v) is 7.36. The van der Waals surface area contributed by atoms with Crippen molar-refractivity contribution in [2.24, 2.45) is 8.76 Å². The Kier molecular flexibility index (Phi) is 1.96. The highest BCUT2D eigenvalue weighted by molar-refractivity contribution is 8.09. The molecule has 60 valence electrons. The molecule has 2 heterocycles. The van der Waals surface area contributed by atoms with E-state index in [1.165, 1.54) is 0 Å². The summed E-state index contributed by atoms with van der Waals surface area (Å²) in [6.07, 6.45) is 3.68. The number of hydrogen-bond donors (Lipinski definition) is 0. The van der Waals surface area contributed by atoms with Crippen LogP contribution in [0.4, 0.5) is 0 Å². The van der Waals surface area contributed by atoms with E-state index in [1.807, 2.05) is 0 Å². The van der Waals surface area contributed by atoms with E-state index in [1.54, 1.807) is 6.20 Å². The van der Waals surface area contributed by atoms with Gasteiger partial charge >= 0.3 is 0 Å². The second-order valence-electron chi connectivity index (χ2n) is 2.31. The summed E-state index contributed by atoms with van der Waals surface area (Å²) in [7, 11) is 5.03. The first-order valence-electron chi connectivity index (χ1n) is 3.39. The quantitative estimate of drug-likeness (QED) is 0.575.